The van der Waals surface area contributed by atoms with Crippen LogP contribution in [0.4, 0.5) is 0 Å². The molecule has 0 saturated heterocycles. The summed E-state index contributed by atoms with van der Waals surface area (Å²) in [5.41, 5.74) is 2.07. The molecular weight excluding hydrogens is 631 g/mol. The van der Waals surface area contributed by atoms with Crippen molar-refractivity contribution in [1.29, 1.82) is 0 Å². The van der Waals surface area contributed by atoms with Gasteiger partial charge in [-0.1, -0.05) is 67.2 Å². The Morgan fingerprint density at radius 2 is 1.00 bits per heavy atom. The molecule has 4 aromatic rings. The highest BCUT2D eigenvalue weighted by molar-refractivity contribution is 6.19. The van der Waals surface area contributed by atoms with Crippen LogP contribution in [0, 0.1) is 0 Å². The van der Waals surface area contributed by atoms with Crippen molar-refractivity contribution in [3.63, 3.8) is 0 Å². The molecule has 0 aliphatic rings. The quantitative estimate of drug-likeness (QED) is 0.0484. The number of hydrogen-bond donors (Lipinski definition) is 0. The molecule has 4 aromatic carbocycles. The van der Waals surface area contributed by atoms with Gasteiger partial charge < -0.3 is 28.4 Å². The third-order valence-corrected chi connectivity index (χ3v) is 6.34. The maximum atomic E-state index is 12.0. The molecule has 1 atom stereocenters. The molecule has 0 aliphatic carbocycles. The Morgan fingerprint density at radius 3 is 1.46 bits per heavy atom. The van der Waals surface area contributed by atoms with Crippen molar-refractivity contribution in [2.75, 3.05) is 31.8 Å². The second-order valence-electron chi connectivity index (χ2n) is 9.35. The van der Waals surface area contributed by atoms with Crippen LogP contribution in [0.3, 0.4) is 0 Å². The van der Waals surface area contributed by atoms with Gasteiger partial charge in [0.05, 0.1) is 19.1 Å². The van der Waals surface area contributed by atoms with E-state index in [2.05, 4.69) is 11.3 Å². The van der Waals surface area contributed by atoms with E-state index >= 15 is 0 Å². The number of rotatable bonds is 17. The van der Waals surface area contributed by atoms with E-state index in [1.807, 2.05) is 109 Å². The molecule has 0 bridgehead atoms. The second kappa shape index (κ2) is 21.1. The number of esters is 2. The first-order valence-corrected chi connectivity index (χ1v) is 15.5. The molecule has 242 valence electrons. The molecule has 46 heavy (non-hydrogen) atoms. The molecule has 4 rings (SSSR count). The molecule has 0 amide bonds. The van der Waals surface area contributed by atoms with E-state index in [0.717, 1.165) is 28.9 Å². The van der Waals surface area contributed by atoms with Crippen LogP contribution >= 0.6 is 23.2 Å². The largest absolute Gasteiger partial charge is 0.490 e. The van der Waals surface area contributed by atoms with Crippen LogP contribution < -0.4 is 18.9 Å². The summed E-state index contributed by atoms with van der Waals surface area (Å²) in [6, 6.07) is 34.3. The van der Waals surface area contributed by atoms with E-state index in [-0.39, 0.29) is 50.7 Å². The summed E-state index contributed by atoms with van der Waals surface area (Å²) in [6.45, 7) is 3.65. The van der Waals surface area contributed by atoms with Crippen molar-refractivity contribution in [3.8, 4) is 34.1 Å². The zero-order valence-electron chi connectivity index (χ0n) is 25.2. The lowest BCUT2D eigenvalue weighted by Gasteiger charge is -2.19. The van der Waals surface area contributed by atoms with Crippen molar-refractivity contribution >= 4 is 35.1 Å². The number of hydrogen-bond acceptors (Lipinski definition) is 8. The number of carbonyl (C=O) groups is 2. The van der Waals surface area contributed by atoms with Crippen LogP contribution in [0.25, 0.3) is 11.1 Å². The molecule has 0 N–H and O–H groups in total. The first-order chi connectivity index (χ1) is 22.5. The third-order valence-electron chi connectivity index (χ3n) is 5.96. The van der Waals surface area contributed by atoms with Crippen molar-refractivity contribution in [3.05, 3.63) is 122 Å². The number of benzene rings is 4. The molecular formula is C36H36Cl2O8. The van der Waals surface area contributed by atoms with Crippen LogP contribution in [0.2, 0.25) is 0 Å². The first-order valence-electron chi connectivity index (χ1n) is 14.4. The molecule has 0 aromatic heterocycles. The molecule has 8 nitrogen and oxygen atoms in total. The summed E-state index contributed by atoms with van der Waals surface area (Å²) in [5, 5.41) is 0. The number of para-hydroxylation sites is 2. The van der Waals surface area contributed by atoms with Gasteiger partial charge in [0.2, 0.25) is 6.79 Å². The van der Waals surface area contributed by atoms with Gasteiger partial charge in [-0.15, -0.1) is 23.2 Å². The van der Waals surface area contributed by atoms with Crippen molar-refractivity contribution in [2.24, 2.45) is 0 Å². The zero-order chi connectivity index (χ0) is 32.8. The Hall–Kier alpha value is -4.66. The van der Waals surface area contributed by atoms with Gasteiger partial charge in [0, 0.05) is 11.8 Å². The fourth-order valence-electron chi connectivity index (χ4n) is 3.73. The fraction of sp³-hybridized carbons (Fsp3) is 0.222. The number of ether oxygens (including phenoxy) is 6. The van der Waals surface area contributed by atoms with E-state index < -0.39 is 6.10 Å². The summed E-state index contributed by atoms with van der Waals surface area (Å²) in [4.78, 5) is 22.3. The average molecular weight is 668 g/mol. The minimum atomic E-state index is -0.580. The van der Waals surface area contributed by atoms with E-state index in [0.29, 0.717) is 17.4 Å². The fourth-order valence-corrected chi connectivity index (χ4v) is 4.04. The Balaban J connectivity index is 0.000000637. The van der Waals surface area contributed by atoms with E-state index in [9.17, 15) is 9.59 Å². The van der Waals surface area contributed by atoms with Gasteiger partial charge in [0.15, 0.2) is 6.10 Å². The topological polar surface area (TPSA) is 89.5 Å². The molecule has 0 fully saturated rings. The summed E-state index contributed by atoms with van der Waals surface area (Å²) in [6.07, 6.45) is 0.883. The first kappa shape index (κ1) is 35.8. The predicted octanol–water partition coefficient (Wildman–Crippen LogP) is 8.07. The number of halogens is 2. The molecule has 0 radical (unpaired) electrons. The third kappa shape index (κ3) is 14.0. The average Bonchev–Trinajstić information content (AvgIpc) is 3.08. The lowest BCUT2D eigenvalue weighted by atomic mass is 10.1. The van der Waals surface area contributed by atoms with Crippen LogP contribution in [-0.2, 0) is 19.1 Å². The van der Waals surface area contributed by atoms with Crippen molar-refractivity contribution in [1.82, 2.24) is 0 Å². The molecule has 0 heterocycles. The molecule has 0 spiro atoms. The highest BCUT2D eigenvalue weighted by atomic mass is 35.5. The van der Waals surface area contributed by atoms with Gasteiger partial charge in [0.25, 0.3) is 0 Å². The van der Waals surface area contributed by atoms with Gasteiger partial charge in [-0.2, -0.15) is 0 Å². The highest BCUT2D eigenvalue weighted by Crippen LogP contribution is 2.25. The minimum absolute atomic E-state index is 0.127. The second-order valence-corrected chi connectivity index (χ2v) is 10.1. The maximum Gasteiger partial charge on any atom is 0.311 e. The molecule has 10 heteroatoms. The van der Waals surface area contributed by atoms with Crippen LogP contribution in [0.1, 0.15) is 12.8 Å². The zero-order valence-corrected chi connectivity index (χ0v) is 26.7. The maximum absolute atomic E-state index is 12.0. The summed E-state index contributed by atoms with van der Waals surface area (Å²) < 4.78 is 32.7. The lowest BCUT2D eigenvalue weighted by Crippen LogP contribution is -2.31. The molecule has 1 unspecified atom stereocenters. The standard InChI is InChI=1S/C31H29ClO6.C5H7ClO2/c32-20-19-31(33)38-30(21-34-26-7-3-1-4-8-26)22-35-28-15-11-24(12-16-28)25-13-17-29(18-14-25)37-23-36-27-9-5-2-6-10-27;1-2-8-5(7)3-4-6/h1-18,30H,19-23H2;2H,1,3-4H2. The van der Waals surface area contributed by atoms with Gasteiger partial charge >= 0.3 is 11.9 Å². The smallest absolute Gasteiger partial charge is 0.311 e. The Kier molecular flexibility index (Phi) is 16.5. The SMILES string of the molecule is C=COC(=O)CCCl.O=C(CCCl)OC(COc1ccccc1)COc1ccc(-c2ccc(OCOc3ccccc3)cc2)cc1. The normalized spacial score (nSPS) is 10.7. The number of carbonyl (C=O) groups excluding carboxylic acids is 2. The molecule has 0 aliphatic heterocycles. The summed E-state index contributed by atoms with van der Waals surface area (Å²) in [5.74, 6) is 2.59. The monoisotopic (exact) mass is 666 g/mol. The van der Waals surface area contributed by atoms with Crippen LogP contribution in [0.15, 0.2) is 122 Å². The van der Waals surface area contributed by atoms with Gasteiger partial charge in [0.1, 0.15) is 36.2 Å². The minimum Gasteiger partial charge on any atom is -0.490 e. The van der Waals surface area contributed by atoms with E-state index in [1.54, 1.807) is 0 Å². The van der Waals surface area contributed by atoms with Crippen molar-refractivity contribution < 1.29 is 38.0 Å². The van der Waals surface area contributed by atoms with Crippen LogP contribution in [0.5, 0.6) is 23.0 Å². The summed E-state index contributed by atoms with van der Waals surface area (Å²) in [7, 11) is 0. The summed E-state index contributed by atoms with van der Waals surface area (Å²) >= 11 is 10.9. The predicted molar refractivity (Wildman–Crippen MR) is 179 cm³/mol. The van der Waals surface area contributed by atoms with E-state index in [1.165, 1.54) is 0 Å². The Morgan fingerprint density at radius 1 is 0.587 bits per heavy atom. The van der Waals surface area contributed by atoms with E-state index in [4.69, 9.17) is 46.9 Å². The highest BCUT2D eigenvalue weighted by Gasteiger charge is 2.17. The van der Waals surface area contributed by atoms with Gasteiger partial charge in [-0.3, -0.25) is 9.59 Å². The number of alkyl halides is 2. The Labute approximate surface area is 279 Å². The lowest BCUT2D eigenvalue weighted by molar-refractivity contribution is -0.151. The van der Waals surface area contributed by atoms with Gasteiger partial charge in [-0.25, -0.2) is 0 Å². The van der Waals surface area contributed by atoms with Gasteiger partial charge in [-0.05, 0) is 59.7 Å². The van der Waals surface area contributed by atoms with Crippen LogP contribution in [-0.4, -0.2) is 49.8 Å². The Bertz CT molecular complexity index is 1430. The van der Waals surface area contributed by atoms with Crippen molar-refractivity contribution in [2.45, 2.75) is 18.9 Å². The molecule has 0 saturated carbocycles.